The monoisotopic (exact) mass is 409 g/mol. The molecule has 0 aliphatic heterocycles. The third-order valence-electron chi connectivity index (χ3n) is 4.77. The third-order valence-corrected chi connectivity index (χ3v) is 4.77. The van der Waals surface area contributed by atoms with E-state index in [0.29, 0.717) is 5.69 Å². The summed E-state index contributed by atoms with van der Waals surface area (Å²) in [5, 5.41) is 24.4. The van der Waals surface area contributed by atoms with E-state index in [9.17, 15) is 19.5 Å². The molecule has 8 nitrogen and oxygen atoms in total. The topological polar surface area (TPSA) is 121 Å². The van der Waals surface area contributed by atoms with Crippen molar-refractivity contribution < 1.29 is 24.6 Å². The molecule has 2 amide bonds. The number of aliphatic hydroxyl groups excluding tert-OH is 1. The van der Waals surface area contributed by atoms with Crippen LogP contribution < -0.4 is 10.6 Å². The lowest BCUT2D eigenvalue weighted by atomic mass is 10.0. The molecule has 1 heterocycles. The Kier molecular flexibility index (Phi) is 6.48. The molecule has 8 heteroatoms. The fourth-order valence-corrected chi connectivity index (χ4v) is 3.28. The first-order valence-electron chi connectivity index (χ1n) is 9.44. The first-order chi connectivity index (χ1) is 14.3. The van der Waals surface area contributed by atoms with Gasteiger partial charge in [-0.05, 0) is 17.7 Å². The second kappa shape index (κ2) is 9.23. The van der Waals surface area contributed by atoms with E-state index < -0.39 is 36.5 Å². The van der Waals surface area contributed by atoms with Crippen molar-refractivity contribution in [3.05, 3.63) is 71.9 Å². The summed E-state index contributed by atoms with van der Waals surface area (Å²) in [5.74, 6) is -2.36. The van der Waals surface area contributed by atoms with Crippen LogP contribution in [0.3, 0.4) is 0 Å². The molecule has 2 atom stereocenters. The number of aryl methyl sites for hydroxylation is 1. The first-order valence-corrected chi connectivity index (χ1v) is 9.44. The molecule has 0 saturated carbocycles. The molecule has 4 N–H and O–H groups in total. The molecule has 3 rings (SSSR count). The lowest BCUT2D eigenvalue weighted by molar-refractivity contribution is -0.140. The second-order valence-corrected chi connectivity index (χ2v) is 6.99. The van der Waals surface area contributed by atoms with Crippen LogP contribution in [-0.2, 0) is 23.1 Å². The van der Waals surface area contributed by atoms with Crippen molar-refractivity contribution in [2.24, 2.45) is 7.05 Å². The zero-order valence-electron chi connectivity index (χ0n) is 16.4. The van der Waals surface area contributed by atoms with Gasteiger partial charge in [-0.1, -0.05) is 48.5 Å². The fraction of sp³-hybridized carbons (Fsp3) is 0.227. The molecular formula is C22H23N3O5. The number of aliphatic hydroxyl groups is 1. The number of rotatable bonds is 8. The maximum absolute atomic E-state index is 12.9. The number of hydrogen-bond acceptors (Lipinski definition) is 4. The highest BCUT2D eigenvalue weighted by molar-refractivity contribution is 6.00. The Morgan fingerprint density at radius 2 is 1.67 bits per heavy atom. The average Bonchev–Trinajstić information content (AvgIpc) is 3.04. The van der Waals surface area contributed by atoms with Gasteiger partial charge in [-0.25, -0.2) is 0 Å². The highest BCUT2D eigenvalue weighted by atomic mass is 16.4. The largest absolute Gasteiger partial charge is 0.481 e. The van der Waals surface area contributed by atoms with Crippen LogP contribution in [-0.4, -0.2) is 44.8 Å². The van der Waals surface area contributed by atoms with Gasteiger partial charge in [0, 0.05) is 24.4 Å². The van der Waals surface area contributed by atoms with E-state index in [0.717, 1.165) is 16.5 Å². The minimum Gasteiger partial charge on any atom is -0.481 e. The SMILES string of the molecule is Cn1c(C(=O)N[C@@H](Cc2ccccc2)C(=O)N[C@@H](O)CC(=O)O)cc2ccccc21. The zero-order valence-corrected chi connectivity index (χ0v) is 16.4. The van der Waals surface area contributed by atoms with E-state index in [1.54, 1.807) is 17.7 Å². The van der Waals surface area contributed by atoms with Crippen molar-refractivity contribution in [1.82, 2.24) is 15.2 Å². The van der Waals surface area contributed by atoms with Crippen LogP contribution in [0.15, 0.2) is 60.7 Å². The van der Waals surface area contributed by atoms with E-state index in [4.69, 9.17) is 5.11 Å². The van der Waals surface area contributed by atoms with Crippen molar-refractivity contribution in [2.75, 3.05) is 0 Å². The normalized spacial score (nSPS) is 12.9. The van der Waals surface area contributed by atoms with Gasteiger partial charge in [0.05, 0.1) is 6.42 Å². The molecule has 2 aromatic carbocycles. The number of nitrogens with one attached hydrogen (secondary N) is 2. The Balaban J connectivity index is 1.81. The number of carbonyl (C=O) groups is 3. The van der Waals surface area contributed by atoms with E-state index >= 15 is 0 Å². The minimum atomic E-state index is -1.55. The standard InChI is InChI=1S/C22H23N3O5/c1-25-17-10-6-5-9-15(17)12-18(25)22(30)23-16(11-14-7-3-2-4-8-14)21(29)24-19(26)13-20(27)28/h2-10,12,16,19,26H,11,13H2,1H3,(H,23,30)(H,24,29)(H,27,28)/t16-,19-/m0/s1. The first kappa shape index (κ1) is 21.1. The van der Waals surface area contributed by atoms with Gasteiger partial charge in [0.25, 0.3) is 5.91 Å². The number of carboxylic acids is 1. The van der Waals surface area contributed by atoms with Crippen LogP contribution in [0.1, 0.15) is 22.5 Å². The maximum Gasteiger partial charge on any atom is 0.307 e. The fourth-order valence-electron chi connectivity index (χ4n) is 3.28. The minimum absolute atomic E-state index is 0.183. The predicted molar refractivity (Wildman–Crippen MR) is 111 cm³/mol. The summed E-state index contributed by atoms with van der Waals surface area (Å²) >= 11 is 0. The summed E-state index contributed by atoms with van der Waals surface area (Å²) in [6, 6.07) is 17.4. The molecule has 0 spiro atoms. The number of hydrogen-bond donors (Lipinski definition) is 4. The van der Waals surface area contributed by atoms with Gasteiger partial charge in [0.2, 0.25) is 5.91 Å². The lowest BCUT2D eigenvalue weighted by Crippen LogP contribution is -2.51. The van der Waals surface area contributed by atoms with Gasteiger partial charge in [-0.15, -0.1) is 0 Å². The summed E-state index contributed by atoms with van der Waals surface area (Å²) in [6.07, 6.45) is -2.01. The Bertz CT molecular complexity index is 1060. The van der Waals surface area contributed by atoms with E-state index in [2.05, 4.69) is 10.6 Å². The Labute approximate surface area is 173 Å². The number of para-hydroxylation sites is 1. The highest BCUT2D eigenvalue weighted by Gasteiger charge is 2.25. The van der Waals surface area contributed by atoms with E-state index in [1.165, 1.54) is 0 Å². The van der Waals surface area contributed by atoms with Crippen LogP contribution in [0.5, 0.6) is 0 Å². The van der Waals surface area contributed by atoms with Crippen LogP contribution in [0, 0.1) is 0 Å². The number of carboxylic acid groups (broad SMARTS) is 1. The number of fused-ring (bicyclic) bond motifs is 1. The quantitative estimate of drug-likeness (QED) is 0.420. The number of nitrogens with zero attached hydrogens (tertiary/aromatic N) is 1. The van der Waals surface area contributed by atoms with Crippen molar-refractivity contribution in [1.29, 1.82) is 0 Å². The number of aromatic nitrogens is 1. The summed E-state index contributed by atoms with van der Waals surface area (Å²) in [4.78, 5) is 36.4. The van der Waals surface area contributed by atoms with Gasteiger partial charge in [-0.3, -0.25) is 14.4 Å². The summed E-state index contributed by atoms with van der Waals surface area (Å²) in [7, 11) is 1.76. The number of amides is 2. The average molecular weight is 409 g/mol. The molecule has 30 heavy (non-hydrogen) atoms. The van der Waals surface area contributed by atoms with Crippen molar-refractivity contribution in [3.8, 4) is 0 Å². The number of carbonyl (C=O) groups excluding carboxylic acids is 2. The molecule has 0 aliphatic carbocycles. The van der Waals surface area contributed by atoms with Gasteiger partial charge < -0.3 is 25.4 Å². The van der Waals surface area contributed by atoms with Crippen LogP contribution in [0.4, 0.5) is 0 Å². The lowest BCUT2D eigenvalue weighted by Gasteiger charge is -2.20. The zero-order chi connectivity index (χ0) is 21.7. The smallest absolute Gasteiger partial charge is 0.307 e. The van der Waals surface area contributed by atoms with Gasteiger partial charge in [0.15, 0.2) is 0 Å². The van der Waals surface area contributed by atoms with Crippen LogP contribution in [0.25, 0.3) is 10.9 Å². The molecule has 0 aliphatic rings. The number of benzene rings is 2. The maximum atomic E-state index is 12.9. The summed E-state index contributed by atoms with van der Waals surface area (Å²) in [6.45, 7) is 0. The molecule has 0 unspecified atom stereocenters. The summed E-state index contributed by atoms with van der Waals surface area (Å²) in [5.41, 5.74) is 2.07. The second-order valence-electron chi connectivity index (χ2n) is 6.99. The van der Waals surface area contributed by atoms with Crippen molar-refractivity contribution >= 4 is 28.7 Å². The molecular weight excluding hydrogens is 386 g/mol. The summed E-state index contributed by atoms with van der Waals surface area (Å²) < 4.78 is 1.74. The Hall–Kier alpha value is -3.65. The van der Waals surface area contributed by atoms with Crippen molar-refractivity contribution in [3.63, 3.8) is 0 Å². The molecule has 0 radical (unpaired) electrons. The van der Waals surface area contributed by atoms with Crippen molar-refractivity contribution in [2.45, 2.75) is 25.1 Å². The highest BCUT2D eigenvalue weighted by Crippen LogP contribution is 2.18. The molecule has 0 bridgehead atoms. The molecule has 0 fully saturated rings. The van der Waals surface area contributed by atoms with Crippen LogP contribution >= 0.6 is 0 Å². The molecule has 0 saturated heterocycles. The van der Waals surface area contributed by atoms with Crippen LogP contribution in [0.2, 0.25) is 0 Å². The van der Waals surface area contributed by atoms with Gasteiger partial charge in [-0.2, -0.15) is 0 Å². The van der Waals surface area contributed by atoms with E-state index in [-0.39, 0.29) is 6.42 Å². The Morgan fingerprint density at radius 3 is 2.33 bits per heavy atom. The third kappa shape index (κ3) is 5.03. The Morgan fingerprint density at radius 1 is 1.00 bits per heavy atom. The van der Waals surface area contributed by atoms with Gasteiger partial charge in [0.1, 0.15) is 18.0 Å². The number of aliphatic carboxylic acids is 1. The molecule has 1 aromatic heterocycles. The molecule has 156 valence electrons. The van der Waals surface area contributed by atoms with E-state index in [1.807, 2.05) is 54.6 Å². The van der Waals surface area contributed by atoms with Gasteiger partial charge >= 0.3 is 5.97 Å². The predicted octanol–water partition coefficient (Wildman–Crippen LogP) is 1.43. The molecule has 3 aromatic rings.